The molecule has 2 aliphatic rings. The van der Waals surface area contributed by atoms with Crippen LogP contribution in [0.1, 0.15) is 36.3 Å². The van der Waals surface area contributed by atoms with E-state index in [0.29, 0.717) is 11.5 Å². The Kier molecular flexibility index (Phi) is 5.59. The zero-order chi connectivity index (χ0) is 23.0. The smallest absolute Gasteiger partial charge is 0.318 e. The van der Waals surface area contributed by atoms with Crippen LogP contribution in [0.3, 0.4) is 0 Å². The number of hydrogen-bond donors (Lipinski definition) is 2. The molecule has 0 bridgehead atoms. The number of aromatic nitrogens is 1. The fraction of sp³-hybridized carbons (Fsp3) is 0.333. The molecule has 2 aromatic carbocycles. The lowest BCUT2D eigenvalue weighted by Gasteiger charge is -2.30. The second-order valence-electron chi connectivity index (χ2n) is 8.67. The number of fused-ring (bicyclic) bond motifs is 1. The van der Waals surface area contributed by atoms with Crippen LogP contribution in [0, 0.1) is 0 Å². The van der Waals surface area contributed by atoms with Crippen LogP contribution in [-0.2, 0) is 15.1 Å². The van der Waals surface area contributed by atoms with Crippen molar-refractivity contribution in [3.05, 3.63) is 65.2 Å². The van der Waals surface area contributed by atoms with E-state index in [1.165, 1.54) is 4.70 Å². The standard InChI is InChI=1S/C24H25N5O3S/c1-24(17-7-3-2-4-8-17)22(31)29(23(32)26-24)27-20(30)15-28-13-11-16(12-14-28)21-25-18-9-5-6-10-19(18)33-21/h2-10,16H,11-15H2,1H3,(H,26,32)(H,27,30)/t24-/m1/s1. The number of imide groups is 1. The minimum absolute atomic E-state index is 0.131. The number of carbonyl (C=O) groups excluding carboxylic acids is 3. The van der Waals surface area contributed by atoms with Crippen molar-refractivity contribution in [3.8, 4) is 0 Å². The van der Waals surface area contributed by atoms with Crippen LogP contribution < -0.4 is 10.7 Å². The second kappa shape index (κ2) is 8.57. The Hall–Kier alpha value is -3.30. The molecule has 2 fully saturated rings. The van der Waals surface area contributed by atoms with Crippen molar-refractivity contribution >= 4 is 39.4 Å². The van der Waals surface area contributed by atoms with Crippen LogP contribution >= 0.6 is 11.3 Å². The van der Waals surface area contributed by atoms with Crippen molar-refractivity contribution in [1.29, 1.82) is 0 Å². The summed E-state index contributed by atoms with van der Waals surface area (Å²) < 4.78 is 1.20. The third-order valence-corrected chi connectivity index (χ3v) is 7.59. The van der Waals surface area contributed by atoms with Gasteiger partial charge in [-0.15, -0.1) is 11.3 Å². The van der Waals surface area contributed by atoms with Gasteiger partial charge in [0.25, 0.3) is 11.8 Å². The number of hydrogen-bond acceptors (Lipinski definition) is 6. The quantitative estimate of drug-likeness (QED) is 0.568. The number of hydrazine groups is 1. The number of nitrogens with zero attached hydrogens (tertiary/aromatic N) is 3. The Morgan fingerprint density at radius 2 is 1.82 bits per heavy atom. The van der Waals surface area contributed by atoms with E-state index in [1.54, 1.807) is 42.5 Å². The van der Waals surface area contributed by atoms with Gasteiger partial charge in [0, 0.05) is 5.92 Å². The van der Waals surface area contributed by atoms with Crippen LogP contribution in [-0.4, -0.2) is 52.4 Å². The van der Waals surface area contributed by atoms with Crippen molar-refractivity contribution in [3.63, 3.8) is 0 Å². The molecule has 2 aliphatic heterocycles. The highest BCUT2D eigenvalue weighted by molar-refractivity contribution is 7.18. The summed E-state index contributed by atoms with van der Waals surface area (Å²) >= 11 is 1.74. The molecule has 3 heterocycles. The number of rotatable bonds is 5. The lowest BCUT2D eigenvalue weighted by molar-refractivity contribution is -0.139. The molecule has 5 rings (SSSR count). The van der Waals surface area contributed by atoms with Crippen LogP contribution in [0.25, 0.3) is 10.2 Å². The average Bonchev–Trinajstić information content (AvgIpc) is 3.35. The van der Waals surface area contributed by atoms with E-state index in [4.69, 9.17) is 4.98 Å². The molecule has 1 atom stereocenters. The maximum atomic E-state index is 12.9. The summed E-state index contributed by atoms with van der Waals surface area (Å²) in [6, 6.07) is 16.5. The Balaban J connectivity index is 1.16. The fourth-order valence-corrected chi connectivity index (χ4v) is 5.61. The molecule has 3 aromatic rings. The van der Waals surface area contributed by atoms with Gasteiger partial charge >= 0.3 is 6.03 Å². The van der Waals surface area contributed by atoms with Crippen LogP contribution in [0.5, 0.6) is 0 Å². The molecular weight excluding hydrogens is 438 g/mol. The van der Waals surface area contributed by atoms with Gasteiger partial charge in [0.15, 0.2) is 0 Å². The highest BCUT2D eigenvalue weighted by atomic mass is 32.1. The molecule has 0 unspecified atom stereocenters. The van der Waals surface area contributed by atoms with Gasteiger partial charge in [0.05, 0.1) is 21.8 Å². The minimum atomic E-state index is -1.21. The molecule has 0 saturated carbocycles. The molecule has 4 amide bonds. The van der Waals surface area contributed by atoms with E-state index in [-0.39, 0.29) is 12.5 Å². The fourth-order valence-electron chi connectivity index (χ4n) is 4.47. The van der Waals surface area contributed by atoms with Gasteiger partial charge in [-0.3, -0.25) is 19.9 Å². The topological polar surface area (TPSA) is 94.6 Å². The summed E-state index contributed by atoms with van der Waals surface area (Å²) in [6.45, 7) is 3.29. The van der Waals surface area contributed by atoms with E-state index in [0.717, 1.165) is 41.5 Å². The largest absolute Gasteiger partial charge is 0.344 e. The lowest BCUT2D eigenvalue weighted by atomic mass is 9.92. The summed E-state index contributed by atoms with van der Waals surface area (Å²) in [4.78, 5) is 44.8. The Morgan fingerprint density at radius 3 is 2.55 bits per heavy atom. The molecule has 2 N–H and O–H groups in total. The van der Waals surface area contributed by atoms with E-state index in [2.05, 4.69) is 16.8 Å². The lowest BCUT2D eigenvalue weighted by Crippen LogP contribution is -2.51. The normalized spacial score (nSPS) is 22.0. The molecule has 9 heteroatoms. The Morgan fingerprint density at radius 1 is 1.12 bits per heavy atom. The molecule has 2 saturated heterocycles. The molecule has 8 nitrogen and oxygen atoms in total. The minimum Gasteiger partial charge on any atom is -0.318 e. The summed E-state index contributed by atoms with van der Waals surface area (Å²) in [5, 5.41) is 4.64. The number of likely N-dealkylation sites (tertiary alicyclic amines) is 1. The monoisotopic (exact) mass is 463 g/mol. The second-order valence-corrected chi connectivity index (χ2v) is 9.73. The Bertz CT molecular complexity index is 1170. The number of amides is 4. The maximum absolute atomic E-state index is 12.9. The Labute approximate surface area is 195 Å². The SMILES string of the molecule is C[C@]1(c2ccccc2)NC(=O)N(NC(=O)CN2CCC(c3nc4ccccc4s3)CC2)C1=O. The van der Waals surface area contributed by atoms with Gasteiger partial charge in [-0.1, -0.05) is 42.5 Å². The molecule has 170 valence electrons. The van der Waals surface area contributed by atoms with Gasteiger partial charge < -0.3 is 5.32 Å². The number of nitrogens with one attached hydrogen (secondary N) is 2. The molecular formula is C24H25N5O3S. The van der Waals surface area contributed by atoms with Gasteiger partial charge in [-0.05, 0) is 50.6 Å². The molecule has 0 radical (unpaired) electrons. The zero-order valence-corrected chi connectivity index (χ0v) is 19.1. The molecule has 0 spiro atoms. The van der Waals surface area contributed by atoms with Gasteiger partial charge in [-0.25, -0.2) is 9.78 Å². The van der Waals surface area contributed by atoms with Crippen molar-refractivity contribution < 1.29 is 14.4 Å². The van der Waals surface area contributed by atoms with Gasteiger partial charge in [0.1, 0.15) is 5.54 Å². The average molecular weight is 464 g/mol. The van der Waals surface area contributed by atoms with E-state index in [1.807, 2.05) is 29.2 Å². The number of urea groups is 1. The molecule has 0 aliphatic carbocycles. The predicted molar refractivity (Wildman–Crippen MR) is 125 cm³/mol. The first kappa shape index (κ1) is 21.5. The predicted octanol–water partition coefficient (Wildman–Crippen LogP) is 2.97. The summed E-state index contributed by atoms with van der Waals surface area (Å²) in [6.07, 6.45) is 1.84. The van der Waals surface area contributed by atoms with Gasteiger partial charge in [0.2, 0.25) is 0 Å². The summed E-state index contributed by atoms with van der Waals surface area (Å²) in [7, 11) is 0. The van der Waals surface area contributed by atoms with E-state index in [9.17, 15) is 14.4 Å². The number of benzene rings is 2. The summed E-state index contributed by atoms with van der Waals surface area (Å²) in [5.74, 6) is -0.491. The van der Waals surface area contributed by atoms with Crippen LogP contribution in [0.4, 0.5) is 4.79 Å². The van der Waals surface area contributed by atoms with E-state index >= 15 is 0 Å². The number of piperidine rings is 1. The number of carbonyl (C=O) groups is 3. The highest BCUT2D eigenvalue weighted by Gasteiger charge is 2.50. The first-order valence-corrected chi connectivity index (χ1v) is 11.9. The third kappa shape index (κ3) is 4.09. The van der Waals surface area contributed by atoms with Crippen molar-refractivity contribution in [2.45, 2.75) is 31.2 Å². The number of para-hydroxylation sites is 1. The van der Waals surface area contributed by atoms with Crippen molar-refractivity contribution in [1.82, 2.24) is 25.6 Å². The van der Waals surface area contributed by atoms with Crippen LogP contribution in [0.2, 0.25) is 0 Å². The first-order chi connectivity index (χ1) is 15.9. The van der Waals surface area contributed by atoms with Crippen molar-refractivity contribution in [2.75, 3.05) is 19.6 Å². The third-order valence-electron chi connectivity index (χ3n) is 6.39. The molecule has 1 aromatic heterocycles. The number of thiazole rings is 1. The van der Waals surface area contributed by atoms with E-state index < -0.39 is 17.5 Å². The molecule has 33 heavy (non-hydrogen) atoms. The first-order valence-electron chi connectivity index (χ1n) is 11.0. The van der Waals surface area contributed by atoms with Crippen molar-refractivity contribution in [2.24, 2.45) is 0 Å². The maximum Gasteiger partial charge on any atom is 0.344 e. The van der Waals surface area contributed by atoms with Crippen LogP contribution in [0.15, 0.2) is 54.6 Å². The summed E-state index contributed by atoms with van der Waals surface area (Å²) in [5.41, 5.74) is 2.99. The highest BCUT2D eigenvalue weighted by Crippen LogP contribution is 2.33. The zero-order valence-electron chi connectivity index (χ0n) is 18.3. The van der Waals surface area contributed by atoms with Gasteiger partial charge in [-0.2, -0.15) is 5.01 Å².